The third kappa shape index (κ3) is 7.02. The Hall–Kier alpha value is -1.09. The van der Waals surface area contributed by atoms with Gasteiger partial charge >= 0.3 is 5.97 Å². The molecule has 0 aliphatic heterocycles. The molecular weight excluding hydrogens is 156 g/mol. The Bertz CT molecular complexity index is 182. The highest BCUT2D eigenvalue weighted by molar-refractivity contribution is 5.67. The standard InChI is InChI=1S/C9H14O3/c1-2-3-4-5-6-8(10)7-9(11)12/h3-6,8,10H,2,7H2,1H3,(H,11,12). The number of carboxylic acids is 1. The van der Waals surface area contributed by atoms with Gasteiger partial charge in [-0.25, -0.2) is 0 Å². The molecule has 0 radical (unpaired) electrons. The van der Waals surface area contributed by atoms with Gasteiger partial charge in [0, 0.05) is 0 Å². The van der Waals surface area contributed by atoms with Crippen LogP contribution in [0.1, 0.15) is 19.8 Å². The highest BCUT2D eigenvalue weighted by Crippen LogP contribution is 1.93. The number of carboxylic acid groups (broad SMARTS) is 1. The van der Waals surface area contributed by atoms with Gasteiger partial charge in [-0.05, 0) is 6.42 Å². The maximum atomic E-state index is 10.1. The number of carbonyl (C=O) groups is 1. The molecule has 0 fully saturated rings. The van der Waals surface area contributed by atoms with E-state index >= 15 is 0 Å². The second kappa shape index (κ2) is 6.61. The topological polar surface area (TPSA) is 57.5 Å². The van der Waals surface area contributed by atoms with E-state index in [9.17, 15) is 4.79 Å². The van der Waals surface area contributed by atoms with E-state index in [4.69, 9.17) is 10.2 Å². The predicted octanol–water partition coefficient (Wildman–Crippen LogP) is 1.34. The largest absolute Gasteiger partial charge is 0.481 e. The molecule has 2 N–H and O–H groups in total. The van der Waals surface area contributed by atoms with Crippen LogP contribution in [-0.2, 0) is 4.79 Å². The summed E-state index contributed by atoms with van der Waals surface area (Å²) in [5.41, 5.74) is 0. The molecule has 0 rings (SSSR count). The summed E-state index contributed by atoms with van der Waals surface area (Å²) in [6, 6.07) is 0. The van der Waals surface area contributed by atoms with Crippen molar-refractivity contribution in [3.8, 4) is 0 Å². The monoisotopic (exact) mass is 170 g/mol. The summed E-state index contributed by atoms with van der Waals surface area (Å²) in [7, 11) is 0. The van der Waals surface area contributed by atoms with Gasteiger partial charge < -0.3 is 10.2 Å². The molecule has 0 saturated heterocycles. The van der Waals surface area contributed by atoms with Crippen LogP contribution in [0.4, 0.5) is 0 Å². The van der Waals surface area contributed by atoms with Crippen LogP contribution in [0, 0.1) is 0 Å². The zero-order chi connectivity index (χ0) is 9.40. The molecule has 1 unspecified atom stereocenters. The zero-order valence-electron chi connectivity index (χ0n) is 7.10. The minimum Gasteiger partial charge on any atom is -0.481 e. The number of aliphatic hydroxyl groups excluding tert-OH is 1. The van der Waals surface area contributed by atoms with Gasteiger partial charge in [-0.2, -0.15) is 0 Å². The lowest BCUT2D eigenvalue weighted by Gasteiger charge is -1.98. The van der Waals surface area contributed by atoms with Crippen LogP contribution in [0.15, 0.2) is 24.3 Å². The summed E-state index contributed by atoms with van der Waals surface area (Å²) in [6.07, 6.45) is 6.62. The van der Waals surface area contributed by atoms with Crippen molar-refractivity contribution in [3.05, 3.63) is 24.3 Å². The fourth-order valence-corrected chi connectivity index (χ4v) is 0.654. The fourth-order valence-electron chi connectivity index (χ4n) is 0.654. The minimum atomic E-state index is -0.994. The lowest BCUT2D eigenvalue weighted by Crippen LogP contribution is -2.09. The van der Waals surface area contributed by atoms with Crippen molar-refractivity contribution in [2.45, 2.75) is 25.9 Å². The van der Waals surface area contributed by atoms with Crippen LogP contribution in [0.2, 0.25) is 0 Å². The van der Waals surface area contributed by atoms with E-state index in [0.717, 1.165) is 6.42 Å². The Morgan fingerprint density at radius 2 is 2.17 bits per heavy atom. The maximum absolute atomic E-state index is 10.1. The van der Waals surface area contributed by atoms with Crippen molar-refractivity contribution in [1.82, 2.24) is 0 Å². The van der Waals surface area contributed by atoms with Gasteiger partial charge in [-0.3, -0.25) is 4.79 Å². The Balaban J connectivity index is 3.67. The van der Waals surface area contributed by atoms with Crippen molar-refractivity contribution in [2.75, 3.05) is 0 Å². The van der Waals surface area contributed by atoms with Crippen molar-refractivity contribution < 1.29 is 15.0 Å². The van der Waals surface area contributed by atoms with Gasteiger partial charge in [-0.15, -0.1) is 0 Å². The lowest BCUT2D eigenvalue weighted by atomic mass is 10.2. The highest BCUT2D eigenvalue weighted by Gasteiger charge is 2.03. The van der Waals surface area contributed by atoms with E-state index < -0.39 is 12.1 Å². The molecule has 0 aromatic heterocycles. The summed E-state index contributed by atoms with van der Waals surface area (Å²) in [6.45, 7) is 2.00. The Labute approximate surface area is 72.0 Å². The van der Waals surface area contributed by atoms with E-state index in [2.05, 4.69) is 0 Å². The summed E-state index contributed by atoms with van der Waals surface area (Å²) < 4.78 is 0. The zero-order valence-corrected chi connectivity index (χ0v) is 7.10. The van der Waals surface area contributed by atoms with Gasteiger partial charge in [0.05, 0.1) is 12.5 Å². The van der Waals surface area contributed by atoms with Crippen LogP contribution in [0.25, 0.3) is 0 Å². The smallest absolute Gasteiger partial charge is 0.306 e. The molecule has 1 atom stereocenters. The summed E-state index contributed by atoms with van der Waals surface area (Å²) in [5, 5.41) is 17.3. The Morgan fingerprint density at radius 1 is 1.50 bits per heavy atom. The molecule has 0 aliphatic carbocycles. The molecule has 0 bridgehead atoms. The molecule has 0 aromatic rings. The van der Waals surface area contributed by atoms with E-state index in [-0.39, 0.29) is 6.42 Å². The molecule has 0 aromatic carbocycles. The summed E-state index contributed by atoms with van der Waals surface area (Å²) in [4.78, 5) is 10.1. The average Bonchev–Trinajstić information content (AvgIpc) is 1.97. The molecule has 0 saturated carbocycles. The molecule has 0 aliphatic rings. The van der Waals surface area contributed by atoms with Crippen LogP contribution in [0.3, 0.4) is 0 Å². The van der Waals surface area contributed by atoms with E-state index in [1.807, 2.05) is 13.0 Å². The number of allylic oxidation sites excluding steroid dienone is 3. The number of aliphatic hydroxyl groups is 1. The van der Waals surface area contributed by atoms with Crippen LogP contribution in [-0.4, -0.2) is 22.3 Å². The maximum Gasteiger partial charge on any atom is 0.306 e. The van der Waals surface area contributed by atoms with E-state index in [0.29, 0.717) is 0 Å². The Kier molecular flexibility index (Phi) is 6.01. The third-order valence-electron chi connectivity index (χ3n) is 1.20. The van der Waals surface area contributed by atoms with Crippen LogP contribution < -0.4 is 0 Å². The summed E-state index contributed by atoms with van der Waals surface area (Å²) >= 11 is 0. The van der Waals surface area contributed by atoms with Gasteiger partial charge in [0.2, 0.25) is 0 Å². The van der Waals surface area contributed by atoms with Crippen molar-refractivity contribution in [1.29, 1.82) is 0 Å². The number of hydrogen-bond acceptors (Lipinski definition) is 2. The molecule has 12 heavy (non-hydrogen) atoms. The van der Waals surface area contributed by atoms with Crippen molar-refractivity contribution in [2.24, 2.45) is 0 Å². The molecule has 68 valence electrons. The SMILES string of the molecule is CCC=CC=CC(O)CC(=O)O. The lowest BCUT2D eigenvalue weighted by molar-refractivity contribution is -0.138. The minimum absolute atomic E-state index is 0.240. The first-order valence-electron chi connectivity index (χ1n) is 3.90. The molecule has 0 heterocycles. The van der Waals surface area contributed by atoms with Crippen molar-refractivity contribution >= 4 is 5.97 Å². The first-order chi connectivity index (χ1) is 5.66. The third-order valence-corrected chi connectivity index (χ3v) is 1.20. The molecule has 3 heteroatoms. The van der Waals surface area contributed by atoms with Crippen LogP contribution >= 0.6 is 0 Å². The van der Waals surface area contributed by atoms with Gasteiger partial charge in [0.25, 0.3) is 0 Å². The Morgan fingerprint density at radius 3 is 2.67 bits per heavy atom. The molecule has 0 spiro atoms. The van der Waals surface area contributed by atoms with Gasteiger partial charge in [0.15, 0.2) is 0 Å². The van der Waals surface area contributed by atoms with E-state index in [1.54, 1.807) is 12.2 Å². The van der Waals surface area contributed by atoms with Crippen LogP contribution in [0.5, 0.6) is 0 Å². The number of aliphatic carboxylic acids is 1. The normalized spacial score (nSPS) is 14.2. The molecule has 3 nitrogen and oxygen atoms in total. The quantitative estimate of drug-likeness (QED) is 0.612. The second-order valence-electron chi connectivity index (χ2n) is 2.39. The average molecular weight is 170 g/mol. The summed E-state index contributed by atoms with van der Waals surface area (Å²) in [5.74, 6) is -0.994. The number of rotatable bonds is 5. The fraction of sp³-hybridized carbons (Fsp3) is 0.444. The predicted molar refractivity (Wildman–Crippen MR) is 46.8 cm³/mol. The second-order valence-corrected chi connectivity index (χ2v) is 2.39. The van der Waals surface area contributed by atoms with E-state index in [1.165, 1.54) is 6.08 Å². The number of hydrogen-bond donors (Lipinski definition) is 2. The van der Waals surface area contributed by atoms with Gasteiger partial charge in [-0.1, -0.05) is 31.2 Å². The first kappa shape index (κ1) is 10.9. The first-order valence-corrected chi connectivity index (χ1v) is 3.90. The van der Waals surface area contributed by atoms with Crippen molar-refractivity contribution in [3.63, 3.8) is 0 Å². The molecule has 0 amide bonds. The highest BCUT2D eigenvalue weighted by atomic mass is 16.4. The molecular formula is C9H14O3. The van der Waals surface area contributed by atoms with Gasteiger partial charge in [0.1, 0.15) is 0 Å².